The number of hydrogen-bond acceptors (Lipinski definition) is 2. The topological polar surface area (TPSA) is 79.0 Å². The Labute approximate surface area is 150 Å². The Morgan fingerprint density at radius 3 is 2.17 bits per heavy atom. The number of carbonyl (C=O) groups excluding carboxylic acids is 1. The Morgan fingerprint density at radius 1 is 1.00 bits per heavy atom. The quantitative estimate of drug-likeness (QED) is 0.409. The number of rotatable bonds is 5. The maximum absolute atomic E-state index is 11.7. The molecule has 0 spiro atoms. The first-order valence-corrected chi connectivity index (χ1v) is 8.23. The second-order valence-corrected chi connectivity index (χ2v) is 5.46. The second-order valence-electron chi connectivity index (χ2n) is 5.46. The van der Waals surface area contributed by atoms with Crippen molar-refractivity contribution in [3.8, 4) is 0 Å². The lowest BCUT2D eigenvalue weighted by molar-refractivity contribution is 0.0978. The maximum Gasteiger partial charge on any atom is 0.258 e. The Balaban J connectivity index is 0.000000570. The van der Waals surface area contributed by atoms with Gasteiger partial charge >= 0.3 is 0 Å². The molecule has 132 valence electrons. The van der Waals surface area contributed by atoms with Gasteiger partial charge in [0.2, 0.25) is 0 Å². The molecule has 0 saturated carbocycles. The normalized spacial score (nSPS) is 9.42. The van der Waals surface area contributed by atoms with Crippen LogP contribution >= 0.6 is 12.4 Å². The van der Waals surface area contributed by atoms with Crippen molar-refractivity contribution in [2.45, 2.75) is 46.0 Å². The predicted octanol–water partition coefficient (Wildman–Crippen LogP) is 4.86. The van der Waals surface area contributed by atoms with Crippen LogP contribution in [0, 0.1) is 5.41 Å². The Morgan fingerprint density at radius 2 is 1.58 bits per heavy atom. The summed E-state index contributed by atoms with van der Waals surface area (Å²) in [5.74, 6) is -0.706. The van der Waals surface area contributed by atoms with E-state index in [2.05, 4.69) is 19.2 Å². The van der Waals surface area contributed by atoms with E-state index in [0.717, 1.165) is 10.8 Å². The first-order valence-electron chi connectivity index (χ1n) is 8.23. The van der Waals surface area contributed by atoms with Gasteiger partial charge in [-0.05, 0) is 16.8 Å². The molecule has 0 fully saturated rings. The number of benzene rings is 2. The van der Waals surface area contributed by atoms with Crippen LogP contribution in [0.1, 0.15) is 56.3 Å². The van der Waals surface area contributed by atoms with Crippen LogP contribution in [0.25, 0.3) is 10.8 Å². The van der Waals surface area contributed by atoms with Gasteiger partial charge in [-0.15, -0.1) is 12.4 Å². The molecule has 0 unspecified atom stereocenters. The van der Waals surface area contributed by atoms with Gasteiger partial charge in [-0.25, -0.2) is 0 Å². The van der Waals surface area contributed by atoms with Crippen LogP contribution in [-0.2, 0) is 0 Å². The molecule has 1 amide bonds. The highest BCUT2D eigenvalue weighted by molar-refractivity contribution is 6.12. The number of hydrogen-bond donors (Lipinski definition) is 3. The van der Waals surface area contributed by atoms with Gasteiger partial charge in [-0.2, -0.15) is 0 Å². The molecule has 0 bridgehead atoms. The molecule has 2 aromatic rings. The van der Waals surface area contributed by atoms with E-state index in [1.54, 1.807) is 12.1 Å². The number of fused-ring (bicyclic) bond motifs is 1. The van der Waals surface area contributed by atoms with Crippen molar-refractivity contribution >= 4 is 35.0 Å². The molecule has 2 aromatic carbocycles. The number of unbranched alkanes of at least 4 members (excludes halogenated alkanes) is 4. The lowest BCUT2D eigenvalue weighted by Crippen LogP contribution is -2.35. The SMILES string of the molecule is CCCCCCC.Cl.N=C(N)NC(=O)c1cccc2ccccc12. The van der Waals surface area contributed by atoms with E-state index in [4.69, 9.17) is 11.1 Å². The van der Waals surface area contributed by atoms with Crippen molar-refractivity contribution in [3.05, 3.63) is 48.0 Å². The zero-order valence-corrected chi connectivity index (χ0v) is 15.3. The van der Waals surface area contributed by atoms with Crippen LogP contribution < -0.4 is 11.1 Å². The van der Waals surface area contributed by atoms with Crippen LogP contribution in [0.15, 0.2) is 42.5 Å². The van der Waals surface area contributed by atoms with E-state index < -0.39 is 0 Å². The number of nitrogens with two attached hydrogens (primary N) is 1. The van der Waals surface area contributed by atoms with Crippen LogP contribution in [-0.4, -0.2) is 11.9 Å². The van der Waals surface area contributed by atoms with Crippen molar-refractivity contribution < 1.29 is 4.79 Å². The highest BCUT2D eigenvalue weighted by Crippen LogP contribution is 2.18. The van der Waals surface area contributed by atoms with Crippen molar-refractivity contribution in [3.63, 3.8) is 0 Å². The Kier molecular flexibility index (Phi) is 11.3. The zero-order valence-electron chi connectivity index (χ0n) is 14.5. The lowest BCUT2D eigenvalue weighted by atomic mass is 10.0. The third-order valence-corrected chi connectivity index (χ3v) is 3.49. The molecule has 24 heavy (non-hydrogen) atoms. The summed E-state index contributed by atoms with van der Waals surface area (Å²) in [5.41, 5.74) is 5.65. The summed E-state index contributed by atoms with van der Waals surface area (Å²) in [6.07, 6.45) is 7.01. The van der Waals surface area contributed by atoms with Crippen LogP contribution in [0.4, 0.5) is 0 Å². The molecule has 4 nitrogen and oxygen atoms in total. The molecule has 4 N–H and O–H groups in total. The van der Waals surface area contributed by atoms with Gasteiger partial charge in [0.1, 0.15) is 0 Å². The molecule has 0 radical (unpaired) electrons. The minimum Gasteiger partial charge on any atom is -0.370 e. The largest absolute Gasteiger partial charge is 0.370 e. The monoisotopic (exact) mass is 349 g/mol. The average molecular weight is 350 g/mol. The summed E-state index contributed by atoms with van der Waals surface area (Å²) in [7, 11) is 0. The summed E-state index contributed by atoms with van der Waals surface area (Å²) >= 11 is 0. The number of amides is 1. The standard InChI is InChI=1S/C12H11N3O.C7H16.ClH/c13-12(14)15-11(16)10-7-3-5-8-4-1-2-6-9(8)10;1-3-5-7-6-4-2;/h1-7H,(H4,13,14,15,16);3-7H2,1-2H3;1H. The fourth-order valence-corrected chi connectivity index (χ4v) is 2.29. The van der Waals surface area contributed by atoms with Crippen molar-refractivity contribution in [2.75, 3.05) is 0 Å². The van der Waals surface area contributed by atoms with Crippen LogP contribution in [0.2, 0.25) is 0 Å². The first-order chi connectivity index (χ1) is 11.1. The van der Waals surface area contributed by atoms with Crippen molar-refractivity contribution in [2.24, 2.45) is 5.73 Å². The molecule has 0 aliphatic rings. The number of nitrogens with one attached hydrogen (secondary N) is 2. The first kappa shape index (κ1) is 21.9. The smallest absolute Gasteiger partial charge is 0.258 e. The highest BCUT2D eigenvalue weighted by atomic mass is 35.5. The summed E-state index contributed by atoms with van der Waals surface area (Å²) in [6.45, 7) is 4.49. The third-order valence-electron chi connectivity index (χ3n) is 3.49. The van der Waals surface area contributed by atoms with Gasteiger partial charge in [-0.3, -0.25) is 15.5 Å². The maximum atomic E-state index is 11.7. The van der Waals surface area contributed by atoms with Crippen LogP contribution in [0.3, 0.4) is 0 Å². The molecular weight excluding hydrogens is 322 g/mol. The average Bonchev–Trinajstić information content (AvgIpc) is 2.55. The van der Waals surface area contributed by atoms with Gasteiger partial charge in [0, 0.05) is 5.56 Å². The van der Waals surface area contributed by atoms with Gasteiger partial charge in [0.25, 0.3) is 5.91 Å². The van der Waals surface area contributed by atoms with E-state index in [9.17, 15) is 4.79 Å². The van der Waals surface area contributed by atoms with Gasteiger partial charge in [-0.1, -0.05) is 82.3 Å². The molecule has 2 rings (SSSR count). The predicted molar refractivity (Wildman–Crippen MR) is 105 cm³/mol. The fourth-order valence-electron chi connectivity index (χ4n) is 2.29. The van der Waals surface area contributed by atoms with Gasteiger partial charge in [0.15, 0.2) is 5.96 Å². The van der Waals surface area contributed by atoms with E-state index in [1.807, 2.05) is 30.3 Å². The molecule has 0 atom stereocenters. The molecule has 0 saturated heterocycles. The molecule has 0 aromatic heterocycles. The van der Waals surface area contributed by atoms with Crippen molar-refractivity contribution in [1.29, 1.82) is 5.41 Å². The summed E-state index contributed by atoms with van der Waals surface area (Å²) in [6, 6.07) is 13.0. The molecule has 0 aliphatic heterocycles. The van der Waals surface area contributed by atoms with Crippen LogP contribution in [0.5, 0.6) is 0 Å². The Hall–Kier alpha value is -2.07. The van der Waals surface area contributed by atoms with Gasteiger partial charge < -0.3 is 5.73 Å². The third kappa shape index (κ3) is 7.47. The zero-order chi connectivity index (χ0) is 17.1. The number of guanidine groups is 1. The molecule has 0 aliphatic carbocycles. The minimum atomic E-state index is -0.357. The lowest BCUT2D eigenvalue weighted by Gasteiger charge is -2.06. The number of halogens is 1. The molecule has 0 heterocycles. The minimum absolute atomic E-state index is 0. The van der Waals surface area contributed by atoms with E-state index in [1.165, 1.54) is 32.1 Å². The summed E-state index contributed by atoms with van der Waals surface area (Å²) in [4.78, 5) is 11.7. The van der Waals surface area contributed by atoms with E-state index in [-0.39, 0.29) is 24.3 Å². The van der Waals surface area contributed by atoms with Gasteiger partial charge in [0.05, 0.1) is 0 Å². The highest BCUT2D eigenvalue weighted by Gasteiger charge is 2.09. The second kappa shape index (κ2) is 12.4. The van der Waals surface area contributed by atoms with E-state index >= 15 is 0 Å². The van der Waals surface area contributed by atoms with E-state index in [0.29, 0.717) is 5.56 Å². The summed E-state index contributed by atoms with van der Waals surface area (Å²) < 4.78 is 0. The summed E-state index contributed by atoms with van der Waals surface area (Å²) in [5, 5.41) is 11.1. The van der Waals surface area contributed by atoms with Crippen molar-refractivity contribution in [1.82, 2.24) is 5.32 Å². The Bertz CT molecular complexity index is 634. The molecular formula is C19H28ClN3O. The fraction of sp³-hybridized carbons (Fsp3) is 0.368. The molecule has 5 heteroatoms. The number of carbonyl (C=O) groups is 1.